The summed E-state index contributed by atoms with van der Waals surface area (Å²) in [6.07, 6.45) is 4.42. The highest BCUT2D eigenvalue weighted by molar-refractivity contribution is 7.90. The third-order valence-corrected chi connectivity index (χ3v) is 7.85. The fraction of sp³-hybridized carbons (Fsp3) is 0.400. The number of rotatable bonds is 4. The predicted octanol–water partition coefficient (Wildman–Crippen LogP) is 1.84. The second-order valence-electron chi connectivity index (χ2n) is 9.59. The average Bonchev–Trinajstić information content (AvgIpc) is 2.88. The predicted molar refractivity (Wildman–Crippen MR) is 137 cm³/mol. The third kappa shape index (κ3) is 4.62. The molecule has 0 saturated carbocycles. The van der Waals surface area contributed by atoms with Crippen LogP contribution in [0.25, 0.3) is 22.3 Å². The maximum absolute atomic E-state index is 13.5. The van der Waals surface area contributed by atoms with Crippen molar-refractivity contribution in [1.29, 1.82) is 0 Å². The molecule has 0 aliphatic carbocycles. The zero-order valence-electron chi connectivity index (χ0n) is 20.8. The van der Waals surface area contributed by atoms with Crippen LogP contribution in [0.4, 0.5) is 10.5 Å². The van der Waals surface area contributed by atoms with Gasteiger partial charge in [-0.3, -0.25) is 14.7 Å². The minimum Gasteiger partial charge on any atom is -0.384 e. The molecule has 12 heteroatoms. The highest BCUT2D eigenvalue weighted by Crippen LogP contribution is 2.37. The molecule has 2 aliphatic heterocycles. The first-order chi connectivity index (χ1) is 17.5. The molecule has 194 valence electrons. The van der Waals surface area contributed by atoms with E-state index in [-0.39, 0.29) is 23.0 Å². The number of carbonyl (C=O) groups is 2. The van der Waals surface area contributed by atoms with Crippen molar-refractivity contribution < 1.29 is 23.1 Å². The maximum atomic E-state index is 13.5. The number of amides is 3. The van der Waals surface area contributed by atoms with Crippen LogP contribution in [0.3, 0.4) is 0 Å². The number of piperidine rings is 1. The fourth-order valence-electron chi connectivity index (χ4n) is 4.94. The lowest BCUT2D eigenvalue weighted by molar-refractivity contribution is -0.140. The van der Waals surface area contributed by atoms with Gasteiger partial charge in [0.2, 0.25) is 0 Å². The third-order valence-electron chi connectivity index (χ3n) is 6.85. The number of anilines is 1. The summed E-state index contributed by atoms with van der Waals surface area (Å²) in [5.41, 5.74) is 4.00. The van der Waals surface area contributed by atoms with Crippen molar-refractivity contribution in [3.63, 3.8) is 0 Å². The minimum atomic E-state index is -3.42. The number of urea groups is 1. The Labute approximate surface area is 214 Å². The molecular formula is C25H28N6O5S. The standard InChI is InChI=1S/C25H28N6O5S/c1-15(32)24(33)30-10-8-18(9-11-30)31-23-17(14-29(2)25(31)34)13-26-20-6-5-19(28-22(20)23)16-4-7-21(27-12-16)37(3,35)36/h4-7,12-13,15,18,32H,8-11,14H2,1-3H3/t15-/m1/s1. The maximum Gasteiger partial charge on any atom is 0.324 e. The van der Waals surface area contributed by atoms with Crippen LogP contribution in [0.2, 0.25) is 0 Å². The molecule has 3 amide bonds. The van der Waals surface area contributed by atoms with Crippen molar-refractivity contribution in [2.24, 2.45) is 0 Å². The van der Waals surface area contributed by atoms with Crippen LogP contribution in [0.1, 0.15) is 25.3 Å². The van der Waals surface area contributed by atoms with E-state index in [1.807, 2.05) is 6.07 Å². The molecule has 0 aromatic carbocycles. The molecular weight excluding hydrogens is 496 g/mol. The van der Waals surface area contributed by atoms with E-state index in [1.54, 1.807) is 40.1 Å². The molecule has 1 atom stereocenters. The van der Waals surface area contributed by atoms with Crippen molar-refractivity contribution >= 4 is 38.5 Å². The number of sulfone groups is 1. The van der Waals surface area contributed by atoms with Gasteiger partial charge in [0.1, 0.15) is 11.6 Å². The van der Waals surface area contributed by atoms with Crippen LogP contribution < -0.4 is 4.90 Å². The zero-order valence-corrected chi connectivity index (χ0v) is 21.6. The molecule has 5 heterocycles. The van der Waals surface area contributed by atoms with Crippen molar-refractivity contribution in [2.45, 2.75) is 43.5 Å². The molecule has 0 spiro atoms. The Morgan fingerprint density at radius 2 is 1.84 bits per heavy atom. The number of aromatic nitrogens is 3. The average molecular weight is 525 g/mol. The van der Waals surface area contributed by atoms with Crippen LogP contribution in [-0.4, -0.2) is 88.8 Å². The van der Waals surface area contributed by atoms with Gasteiger partial charge in [0.25, 0.3) is 5.91 Å². The van der Waals surface area contributed by atoms with Crippen LogP contribution in [0, 0.1) is 0 Å². The summed E-state index contributed by atoms with van der Waals surface area (Å²) < 4.78 is 23.6. The number of hydrogen-bond donors (Lipinski definition) is 1. The fourth-order valence-corrected chi connectivity index (χ4v) is 5.50. The molecule has 5 rings (SSSR count). The highest BCUT2D eigenvalue weighted by Gasteiger charge is 2.38. The lowest BCUT2D eigenvalue weighted by Gasteiger charge is -2.43. The number of pyridine rings is 3. The van der Waals surface area contributed by atoms with E-state index in [9.17, 15) is 23.1 Å². The number of aliphatic hydroxyl groups is 1. The molecule has 0 unspecified atom stereocenters. The summed E-state index contributed by atoms with van der Waals surface area (Å²) >= 11 is 0. The van der Waals surface area contributed by atoms with Gasteiger partial charge in [-0.1, -0.05) is 0 Å². The lowest BCUT2D eigenvalue weighted by Crippen LogP contribution is -2.55. The van der Waals surface area contributed by atoms with Gasteiger partial charge >= 0.3 is 6.03 Å². The Hall–Kier alpha value is -3.64. The van der Waals surface area contributed by atoms with Gasteiger partial charge in [0, 0.05) is 56.0 Å². The quantitative estimate of drug-likeness (QED) is 0.546. The summed E-state index contributed by atoms with van der Waals surface area (Å²) in [4.78, 5) is 44.3. The van der Waals surface area contributed by atoms with Crippen LogP contribution in [-0.2, 0) is 21.2 Å². The monoisotopic (exact) mass is 524 g/mol. The Balaban J connectivity index is 1.55. The minimum absolute atomic E-state index is 0.0173. The zero-order chi connectivity index (χ0) is 26.5. The molecule has 2 aliphatic rings. The first-order valence-corrected chi connectivity index (χ1v) is 13.9. The van der Waals surface area contributed by atoms with Crippen LogP contribution in [0.5, 0.6) is 0 Å². The smallest absolute Gasteiger partial charge is 0.324 e. The summed E-state index contributed by atoms with van der Waals surface area (Å²) in [5.74, 6) is -0.308. The number of likely N-dealkylation sites (tertiary alicyclic amines) is 1. The van der Waals surface area contributed by atoms with E-state index in [0.29, 0.717) is 60.5 Å². The van der Waals surface area contributed by atoms with Crippen molar-refractivity contribution in [3.05, 3.63) is 42.2 Å². The Bertz CT molecular complexity index is 1480. The van der Waals surface area contributed by atoms with E-state index in [4.69, 9.17) is 4.98 Å². The first-order valence-electron chi connectivity index (χ1n) is 12.0. The van der Waals surface area contributed by atoms with Gasteiger partial charge in [0.15, 0.2) is 14.9 Å². The number of nitrogens with zero attached hydrogens (tertiary/aromatic N) is 6. The normalized spacial score (nSPS) is 17.7. The van der Waals surface area contributed by atoms with Crippen LogP contribution in [0.15, 0.2) is 41.7 Å². The van der Waals surface area contributed by atoms with Crippen molar-refractivity contribution in [1.82, 2.24) is 24.8 Å². The number of carbonyl (C=O) groups excluding carboxylic acids is 2. The number of hydrogen-bond acceptors (Lipinski definition) is 8. The largest absolute Gasteiger partial charge is 0.384 e. The van der Waals surface area contributed by atoms with E-state index in [1.165, 1.54) is 19.2 Å². The van der Waals surface area contributed by atoms with E-state index >= 15 is 0 Å². The van der Waals surface area contributed by atoms with Gasteiger partial charge in [-0.05, 0) is 44.0 Å². The Morgan fingerprint density at radius 1 is 1.11 bits per heavy atom. The molecule has 11 nitrogen and oxygen atoms in total. The summed E-state index contributed by atoms with van der Waals surface area (Å²) in [6, 6.07) is 6.42. The molecule has 37 heavy (non-hydrogen) atoms. The van der Waals surface area contributed by atoms with E-state index in [2.05, 4.69) is 9.97 Å². The molecule has 3 aromatic heterocycles. The molecule has 0 bridgehead atoms. The van der Waals surface area contributed by atoms with E-state index < -0.39 is 15.9 Å². The second kappa shape index (κ2) is 9.34. The van der Waals surface area contributed by atoms with Gasteiger partial charge in [-0.2, -0.15) is 0 Å². The lowest BCUT2D eigenvalue weighted by atomic mass is 9.99. The van der Waals surface area contributed by atoms with Gasteiger partial charge < -0.3 is 14.9 Å². The Kier molecular flexibility index (Phi) is 6.32. The topological polar surface area (TPSA) is 137 Å². The second-order valence-corrected chi connectivity index (χ2v) is 11.6. The van der Waals surface area contributed by atoms with Gasteiger partial charge in [0.05, 0.1) is 23.4 Å². The number of fused-ring (bicyclic) bond motifs is 3. The highest BCUT2D eigenvalue weighted by atomic mass is 32.2. The van der Waals surface area contributed by atoms with E-state index in [0.717, 1.165) is 11.8 Å². The molecule has 0 radical (unpaired) electrons. The first kappa shape index (κ1) is 25.0. The molecule has 3 aromatic rings. The summed E-state index contributed by atoms with van der Waals surface area (Å²) in [5, 5.41) is 9.66. The van der Waals surface area contributed by atoms with Gasteiger partial charge in [-0.15, -0.1) is 0 Å². The number of aliphatic hydroxyl groups excluding tert-OH is 1. The van der Waals surface area contributed by atoms with Crippen molar-refractivity contribution in [2.75, 3.05) is 31.3 Å². The molecule has 1 N–H and O–H groups in total. The van der Waals surface area contributed by atoms with Crippen molar-refractivity contribution in [3.8, 4) is 11.3 Å². The Morgan fingerprint density at radius 3 is 2.46 bits per heavy atom. The molecule has 1 saturated heterocycles. The summed E-state index contributed by atoms with van der Waals surface area (Å²) in [6.45, 7) is 2.73. The van der Waals surface area contributed by atoms with Gasteiger partial charge in [-0.25, -0.2) is 23.2 Å². The van der Waals surface area contributed by atoms with Crippen LogP contribution >= 0.6 is 0 Å². The summed E-state index contributed by atoms with van der Waals surface area (Å²) in [7, 11) is -1.68. The molecule has 1 fully saturated rings. The SMILES string of the molecule is C[C@@H](O)C(=O)N1CCC(N2C(=O)N(C)Cc3cnc4ccc(-c5ccc(S(C)(=O)=O)nc5)nc4c32)CC1.